The van der Waals surface area contributed by atoms with Crippen LogP contribution in [-0.2, 0) is 9.59 Å². The molecule has 2 aromatic carbocycles. The van der Waals surface area contributed by atoms with Crippen molar-refractivity contribution in [2.75, 3.05) is 5.32 Å². The van der Waals surface area contributed by atoms with Crippen LogP contribution in [0.25, 0.3) is 0 Å². The van der Waals surface area contributed by atoms with E-state index in [0.717, 1.165) is 12.3 Å². The number of phenolic OH excluding ortho intramolecular Hbond substituents is 1. The normalized spacial score (nSPS) is 10.5. The molecule has 2 amide bonds. The Hall–Kier alpha value is -2.93. The second-order valence-corrected chi connectivity index (χ2v) is 4.77. The zero-order chi connectivity index (χ0) is 16.8. The summed E-state index contributed by atoms with van der Waals surface area (Å²) in [4.78, 5) is 23.1. The lowest BCUT2D eigenvalue weighted by Gasteiger charge is -2.04. The Kier molecular flexibility index (Phi) is 5.27. The maximum atomic E-state index is 13.4. The van der Waals surface area contributed by atoms with Gasteiger partial charge in [-0.3, -0.25) is 9.59 Å². The van der Waals surface area contributed by atoms with E-state index in [-0.39, 0.29) is 17.0 Å². The molecule has 118 valence electrons. The van der Waals surface area contributed by atoms with Crippen LogP contribution in [0.4, 0.5) is 10.1 Å². The van der Waals surface area contributed by atoms with Crippen molar-refractivity contribution in [3.63, 3.8) is 0 Å². The monoisotopic (exact) mass is 335 g/mol. The van der Waals surface area contributed by atoms with Gasteiger partial charge in [0.25, 0.3) is 0 Å². The lowest BCUT2D eigenvalue weighted by molar-refractivity contribution is -0.136. The molecule has 3 N–H and O–H groups in total. The van der Waals surface area contributed by atoms with Gasteiger partial charge < -0.3 is 10.4 Å². The van der Waals surface area contributed by atoms with Crippen LogP contribution in [0.2, 0.25) is 5.02 Å². The first-order valence-electron chi connectivity index (χ1n) is 6.35. The molecule has 23 heavy (non-hydrogen) atoms. The molecule has 0 heterocycles. The summed E-state index contributed by atoms with van der Waals surface area (Å²) in [6.07, 6.45) is 1.12. The van der Waals surface area contributed by atoms with Gasteiger partial charge in [-0.15, -0.1) is 0 Å². The second-order valence-electron chi connectivity index (χ2n) is 4.34. The van der Waals surface area contributed by atoms with Crippen molar-refractivity contribution < 1.29 is 19.1 Å². The molecule has 0 aromatic heterocycles. The molecular weight excluding hydrogens is 325 g/mol. The maximum absolute atomic E-state index is 13.4. The molecule has 0 aliphatic rings. The van der Waals surface area contributed by atoms with Crippen molar-refractivity contribution in [1.29, 1.82) is 0 Å². The number of amides is 2. The van der Waals surface area contributed by atoms with Gasteiger partial charge in [0.15, 0.2) is 0 Å². The lowest BCUT2D eigenvalue weighted by atomic mass is 10.2. The third kappa shape index (κ3) is 4.52. The molecule has 0 atom stereocenters. The number of para-hydroxylation sites is 1. The van der Waals surface area contributed by atoms with E-state index in [4.69, 9.17) is 11.6 Å². The summed E-state index contributed by atoms with van der Waals surface area (Å²) in [7, 11) is 0. The number of anilines is 1. The summed E-state index contributed by atoms with van der Waals surface area (Å²) < 4.78 is 13.4. The molecular formula is C15H11ClFN3O3. The van der Waals surface area contributed by atoms with Gasteiger partial charge in [-0.1, -0.05) is 23.7 Å². The number of hydrogen-bond donors (Lipinski definition) is 3. The first-order chi connectivity index (χ1) is 11.0. The van der Waals surface area contributed by atoms with E-state index in [1.54, 1.807) is 0 Å². The van der Waals surface area contributed by atoms with Gasteiger partial charge in [0.05, 0.1) is 11.9 Å². The van der Waals surface area contributed by atoms with E-state index >= 15 is 0 Å². The van der Waals surface area contributed by atoms with Crippen molar-refractivity contribution in [1.82, 2.24) is 5.43 Å². The zero-order valence-corrected chi connectivity index (χ0v) is 12.3. The van der Waals surface area contributed by atoms with Crippen LogP contribution >= 0.6 is 11.6 Å². The molecule has 0 bridgehead atoms. The molecule has 2 aromatic rings. The number of benzene rings is 2. The number of hydrogen-bond acceptors (Lipinski definition) is 4. The molecule has 0 aliphatic carbocycles. The third-order valence-corrected chi connectivity index (χ3v) is 2.92. The summed E-state index contributed by atoms with van der Waals surface area (Å²) in [6.45, 7) is 0. The number of nitrogens with zero attached hydrogens (tertiary/aromatic N) is 1. The average Bonchev–Trinajstić information content (AvgIpc) is 2.52. The maximum Gasteiger partial charge on any atom is 0.329 e. The van der Waals surface area contributed by atoms with Gasteiger partial charge in [-0.05, 0) is 30.3 Å². The molecule has 0 saturated carbocycles. The second kappa shape index (κ2) is 7.37. The third-order valence-electron chi connectivity index (χ3n) is 2.69. The highest BCUT2D eigenvalue weighted by atomic mass is 35.5. The summed E-state index contributed by atoms with van der Waals surface area (Å²) in [6, 6.07) is 9.68. The van der Waals surface area contributed by atoms with E-state index in [9.17, 15) is 19.1 Å². The van der Waals surface area contributed by atoms with Crippen LogP contribution in [0.3, 0.4) is 0 Å². The van der Waals surface area contributed by atoms with Gasteiger partial charge >= 0.3 is 11.8 Å². The standard InChI is InChI=1S/C15H11ClFN3O3/c16-10-5-6-13(21)9(7-10)8-18-20-15(23)14(22)19-12-4-2-1-3-11(12)17/h1-8,21H,(H,19,22)(H,20,23)/b18-8-. The summed E-state index contributed by atoms with van der Waals surface area (Å²) >= 11 is 5.75. The Morgan fingerprint density at radius 2 is 1.91 bits per heavy atom. The van der Waals surface area contributed by atoms with Crippen LogP contribution < -0.4 is 10.7 Å². The van der Waals surface area contributed by atoms with Crippen LogP contribution in [0, 0.1) is 5.82 Å². The Morgan fingerprint density at radius 3 is 2.65 bits per heavy atom. The number of carbonyl (C=O) groups is 2. The number of halogens is 2. The van der Waals surface area contributed by atoms with Crippen LogP contribution in [0.15, 0.2) is 47.6 Å². The number of carbonyl (C=O) groups excluding carboxylic acids is 2. The predicted molar refractivity (Wildman–Crippen MR) is 83.9 cm³/mol. The van der Waals surface area contributed by atoms with Crippen molar-refractivity contribution in [2.24, 2.45) is 5.10 Å². The number of nitrogens with one attached hydrogen (secondary N) is 2. The van der Waals surface area contributed by atoms with Crippen molar-refractivity contribution >= 4 is 35.3 Å². The Labute approximate surface area is 135 Å². The highest BCUT2D eigenvalue weighted by Crippen LogP contribution is 2.19. The highest BCUT2D eigenvalue weighted by molar-refractivity contribution is 6.39. The van der Waals surface area contributed by atoms with Gasteiger partial charge in [0.2, 0.25) is 0 Å². The van der Waals surface area contributed by atoms with Crippen LogP contribution in [0.5, 0.6) is 5.75 Å². The zero-order valence-electron chi connectivity index (χ0n) is 11.6. The number of phenols is 1. The fourth-order valence-electron chi connectivity index (χ4n) is 1.58. The minimum absolute atomic E-state index is 0.0943. The van der Waals surface area contributed by atoms with Crippen molar-refractivity contribution in [2.45, 2.75) is 0 Å². The molecule has 0 radical (unpaired) electrons. The van der Waals surface area contributed by atoms with Gasteiger partial charge in [0.1, 0.15) is 11.6 Å². The highest BCUT2D eigenvalue weighted by Gasteiger charge is 2.14. The summed E-state index contributed by atoms with van der Waals surface area (Å²) in [5, 5.41) is 15.6. The SMILES string of the molecule is O=C(N/N=C\c1cc(Cl)ccc1O)C(=O)Nc1ccccc1F. The fourth-order valence-corrected chi connectivity index (χ4v) is 1.76. The van der Waals surface area contributed by atoms with E-state index in [1.165, 1.54) is 36.4 Å². The first-order valence-corrected chi connectivity index (χ1v) is 6.72. The fraction of sp³-hybridized carbons (Fsp3) is 0. The van der Waals surface area contributed by atoms with Gasteiger partial charge in [0, 0.05) is 10.6 Å². The van der Waals surface area contributed by atoms with Gasteiger partial charge in [-0.25, -0.2) is 9.82 Å². The number of hydrazone groups is 1. The Morgan fingerprint density at radius 1 is 1.17 bits per heavy atom. The molecule has 0 saturated heterocycles. The molecule has 0 aliphatic heterocycles. The first kappa shape index (κ1) is 16.4. The molecule has 0 fully saturated rings. The van der Waals surface area contributed by atoms with Crippen LogP contribution in [0.1, 0.15) is 5.56 Å². The van der Waals surface area contributed by atoms with E-state index in [0.29, 0.717) is 5.02 Å². The minimum atomic E-state index is -1.09. The molecule has 6 nitrogen and oxygen atoms in total. The van der Waals surface area contributed by atoms with Crippen molar-refractivity contribution in [3.05, 3.63) is 58.9 Å². The average molecular weight is 336 g/mol. The van der Waals surface area contributed by atoms with E-state index in [1.807, 2.05) is 5.43 Å². The summed E-state index contributed by atoms with van der Waals surface area (Å²) in [5.74, 6) is -2.93. The Balaban J connectivity index is 1.96. The smallest absolute Gasteiger partial charge is 0.329 e. The van der Waals surface area contributed by atoms with Gasteiger partial charge in [-0.2, -0.15) is 5.10 Å². The topological polar surface area (TPSA) is 90.8 Å². The van der Waals surface area contributed by atoms with Crippen LogP contribution in [-0.4, -0.2) is 23.1 Å². The molecule has 8 heteroatoms. The largest absolute Gasteiger partial charge is 0.507 e. The number of rotatable bonds is 3. The van der Waals surface area contributed by atoms with E-state index < -0.39 is 17.6 Å². The minimum Gasteiger partial charge on any atom is -0.507 e. The Bertz CT molecular complexity index is 780. The quantitative estimate of drug-likeness (QED) is 0.456. The molecule has 0 spiro atoms. The number of aromatic hydroxyl groups is 1. The lowest BCUT2D eigenvalue weighted by Crippen LogP contribution is -2.32. The van der Waals surface area contributed by atoms with E-state index in [2.05, 4.69) is 10.4 Å². The molecule has 0 unspecified atom stereocenters. The molecule has 2 rings (SSSR count). The summed E-state index contributed by atoms with van der Waals surface area (Å²) in [5.41, 5.74) is 2.09. The van der Waals surface area contributed by atoms with Crippen molar-refractivity contribution in [3.8, 4) is 5.75 Å². The predicted octanol–water partition coefficient (Wildman–Crippen LogP) is 2.27.